The molecular weight excluding hydrogens is 992 g/mol. The fraction of sp³-hybridized carbons (Fsp3) is 0.469. The molecule has 25 nitrogen and oxygen atoms in total. The fourth-order valence-electron chi connectivity index (χ4n) is 8.16. The van der Waals surface area contributed by atoms with Crippen LogP contribution in [0.5, 0.6) is 0 Å². The first-order valence-corrected chi connectivity index (χ1v) is 24.9. The first-order chi connectivity index (χ1) is 35.6. The largest absolute Gasteiger partial charge is 0.401 e. The molecule has 8 amide bonds. The molecule has 20 N–H and O–H groups in total. The van der Waals surface area contributed by atoms with E-state index >= 15 is 0 Å². The Balaban J connectivity index is 1.77. The lowest BCUT2D eigenvalue weighted by Crippen LogP contribution is -2.62. The lowest BCUT2D eigenvalue weighted by molar-refractivity contribution is -0.137. The molecule has 8 atom stereocenters. The number of aliphatic hydroxyl groups excluding tert-OH is 1. The molecule has 0 bridgehead atoms. The fourth-order valence-corrected chi connectivity index (χ4v) is 8.37. The summed E-state index contributed by atoms with van der Waals surface area (Å²) in [5.41, 5.74) is 30.2. The summed E-state index contributed by atoms with van der Waals surface area (Å²) in [6, 6.07) is 4.28. The number of aromatic amines is 1. The smallest absolute Gasteiger partial charge is 0.245 e. The molecule has 0 spiro atoms. The molecule has 1 aliphatic rings. The molecule has 75 heavy (non-hydrogen) atoms. The van der Waals surface area contributed by atoms with Crippen LogP contribution in [0.25, 0.3) is 10.9 Å². The highest BCUT2D eigenvalue weighted by molar-refractivity contribution is 6.30. The van der Waals surface area contributed by atoms with E-state index in [1.807, 2.05) is 24.3 Å². The van der Waals surface area contributed by atoms with Gasteiger partial charge in [0.25, 0.3) is 0 Å². The summed E-state index contributed by atoms with van der Waals surface area (Å²) in [5, 5.41) is 33.4. The van der Waals surface area contributed by atoms with Crippen molar-refractivity contribution >= 4 is 81.7 Å². The number of rotatable bonds is 17. The standard InChI is InChI=1S/C49H71ClN16O9/c1-26(51)33-14-7-19-56-40(69)18-17-37(63-42(70)35(60-28(3)68)15-8-20-57-48(52)53)44(72)66-41(27(2)67)47(75)65-38(23-29-10-6-11-31(50)22-29)45(73)62-36(16-9-21-58-49(54)55)43(71)64-39(46(74)61-33)24-30-25-59-34-13-5-4-12-32(30)34/h4-6,10-13,22,25,27,33,35-39,41,59,67H,1,7-9,14-21,23-24,51H2,2-3H3,(H,56,69)(H,60,68)(H,61,74)(H,62,73)(H,63,70)(H,64,71)(H,65,75)(H,66,72)(H4,52,53,57)(H4,54,55,58)/t27-,33+,35+,36+,37+,38-,39?,41+/m1/s1. The summed E-state index contributed by atoms with van der Waals surface area (Å²) in [5.74, 6) is -6.71. The summed E-state index contributed by atoms with van der Waals surface area (Å²) in [4.78, 5) is 122. The number of amides is 8. The van der Waals surface area contributed by atoms with Crippen molar-refractivity contribution in [1.82, 2.24) is 47.5 Å². The summed E-state index contributed by atoms with van der Waals surface area (Å²) in [6.07, 6.45) is -0.0233. The average molecular weight is 1060 g/mol. The van der Waals surface area contributed by atoms with Crippen LogP contribution >= 0.6 is 11.6 Å². The third-order valence-electron chi connectivity index (χ3n) is 12.0. The molecule has 0 aliphatic carbocycles. The number of aliphatic hydroxyl groups is 1. The van der Waals surface area contributed by atoms with Crippen LogP contribution in [0.4, 0.5) is 0 Å². The van der Waals surface area contributed by atoms with Crippen molar-refractivity contribution in [3.8, 4) is 0 Å². The number of hydrogen-bond donors (Lipinski definition) is 15. The van der Waals surface area contributed by atoms with E-state index in [0.29, 0.717) is 16.1 Å². The minimum absolute atomic E-state index is 0.0231. The average Bonchev–Trinajstić information content (AvgIpc) is 3.75. The Morgan fingerprint density at radius 1 is 0.800 bits per heavy atom. The zero-order valence-corrected chi connectivity index (χ0v) is 42.8. The van der Waals surface area contributed by atoms with Crippen molar-refractivity contribution in [2.24, 2.45) is 38.7 Å². The maximum absolute atomic E-state index is 14.6. The maximum atomic E-state index is 14.6. The van der Waals surface area contributed by atoms with E-state index < -0.39 is 95.7 Å². The minimum Gasteiger partial charge on any atom is -0.401 e. The van der Waals surface area contributed by atoms with Gasteiger partial charge in [-0.3, -0.25) is 48.3 Å². The number of carbonyl (C=O) groups is 8. The summed E-state index contributed by atoms with van der Waals surface area (Å²) >= 11 is 6.32. The van der Waals surface area contributed by atoms with Gasteiger partial charge in [0.2, 0.25) is 47.3 Å². The van der Waals surface area contributed by atoms with E-state index in [9.17, 15) is 43.5 Å². The number of aliphatic imine (C=N–C) groups is 2. The zero-order valence-electron chi connectivity index (χ0n) is 42.1. The van der Waals surface area contributed by atoms with Gasteiger partial charge in [-0.15, -0.1) is 0 Å². The number of carbonyl (C=O) groups excluding carboxylic acids is 8. The van der Waals surface area contributed by atoms with Gasteiger partial charge in [-0.2, -0.15) is 0 Å². The topological polar surface area (TPSA) is 424 Å². The number of benzene rings is 2. The molecule has 1 aliphatic heterocycles. The van der Waals surface area contributed by atoms with E-state index in [0.717, 1.165) is 10.9 Å². The number of guanidine groups is 2. The molecule has 1 saturated heterocycles. The second kappa shape index (κ2) is 29.7. The van der Waals surface area contributed by atoms with Crippen LogP contribution in [0.2, 0.25) is 5.02 Å². The number of H-pyrrole nitrogens is 1. The Morgan fingerprint density at radius 3 is 2.11 bits per heavy atom. The van der Waals surface area contributed by atoms with Crippen molar-refractivity contribution in [2.45, 2.75) is 126 Å². The first kappa shape index (κ1) is 59.6. The Bertz CT molecular complexity index is 2560. The molecule has 2 aromatic carbocycles. The predicted octanol–water partition coefficient (Wildman–Crippen LogP) is -2.33. The minimum atomic E-state index is -1.78. The number of para-hydroxylation sites is 1. The molecule has 1 fully saturated rings. The second-order valence-corrected chi connectivity index (χ2v) is 18.6. The molecule has 1 aromatic heterocycles. The van der Waals surface area contributed by atoms with E-state index in [1.54, 1.807) is 30.5 Å². The number of aromatic nitrogens is 1. The van der Waals surface area contributed by atoms with Gasteiger partial charge in [0, 0.05) is 73.6 Å². The number of halogens is 1. The lowest BCUT2D eigenvalue weighted by atomic mass is 10.0. The molecule has 0 radical (unpaired) electrons. The molecule has 4 rings (SSSR count). The SMILES string of the molecule is C=C(N)[C@@H]1CCCNC(=O)CC[C@H](NC(=O)[C@H](CCCN=C(N)N)NC(C)=O)C(=O)N[C@@H]([C@@H](C)O)C(=O)N[C@H](Cc2cccc(Cl)c2)C(=O)N[C@@H](CCCN=C(N)N)C(=O)NC(Cc2c[nH]c3ccccc23)C(=O)N1. The van der Waals surface area contributed by atoms with Gasteiger partial charge in [0.05, 0.1) is 12.1 Å². The second-order valence-electron chi connectivity index (χ2n) is 18.2. The zero-order chi connectivity index (χ0) is 55.2. The van der Waals surface area contributed by atoms with Crippen molar-refractivity contribution < 1.29 is 43.5 Å². The highest BCUT2D eigenvalue weighted by atomic mass is 35.5. The molecule has 26 heteroatoms. The van der Waals surface area contributed by atoms with E-state index in [4.69, 9.17) is 40.3 Å². The first-order valence-electron chi connectivity index (χ1n) is 24.5. The van der Waals surface area contributed by atoms with Crippen LogP contribution in [0, 0.1) is 0 Å². The number of nitrogens with zero attached hydrogens (tertiary/aromatic N) is 2. The Morgan fingerprint density at radius 2 is 1.44 bits per heavy atom. The molecule has 3 aromatic rings. The van der Waals surface area contributed by atoms with Gasteiger partial charge in [-0.05, 0) is 81.2 Å². The normalized spacial score (nSPS) is 21.5. The van der Waals surface area contributed by atoms with Crippen LogP contribution in [0.15, 0.2) is 77.0 Å². The van der Waals surface area contributed by atoms with Crippen LogP contribution in [-0.2, 0) is 51.2 Å². The summed E-state index contributed by atoms with van der Waals surface area (Å²) < 4.78 is 0. The van der Waals surface area contributed by atoms with Crippen molar-refractivity contribution in [2.75, 3.05) is 19.6 Å². The predicted molar refractivity (Wildman–Crippen MR) is 283 cm³/mol. The van der Waals surface area contributed by atoms with Crippen molar-refractivity contribution in [3.63, 3.8) is 0 Å². The van der Waals surface area contributed by atoms with E-state index in [2.05, 4.69) is 64.1 Å². The van der Waals surface area contributed by atoms with Crippen molar-refractivity contribution in [1.29, 1.82) is 0 Å². The van der Waals surface area contributed by atoms with E-state index in [-0.39, 0.29) is 101 Å². The molecule has 2 heterocycles. The van der Waals surface area contributed by atoms with Crippen LogP contribution in [-0.4, -0.2) is 137 Å². The van der Waals surface area contributed by atoms with Crippen LogP contribution in [0.3, 0.4) is 0 Å². The third-order valence-corrected chi connectivity index (χ3v) is 12.3. The molecular formula is C49H71ClN16O9. The maximum Gasteiger partial charge on any atom is 0.245 e. The number of nitrogens with two attached hydrogens (primary N) is 5. The van der Waals surface area contributed by atoms with Gasteiger partial charge < -0.3 is 81.3 Å². The Hall–Kier alpha value is -7.93. The van der Waals surface area contributed by atoms with Gasteiger partial charge in [-0.25, -0.2) is 0 Å². The van der Waals surface area contributed by atoms with Gasteiger partial charge in [0.15, 0.2) is 11.9 Å². The van der Waals surface area contributed by atoms with Gasteiger partial charge >= 0.3 is 0 Å². The lowest BCUT2D eigenvalue weighted by Gasteiger charge is -2.29. The summed E-state index contributed by atoms with van der Waals surface area (Å²) in [7, 11) is 0. The quantitative estimate of drug-likeness (QED) is 0.0383. The number of fused-ring (bicyclic) bond motifs is 1. The Labute approximate surface area is 439 Å². The molecule has 1 unspecified atom stereocenters. The summed E-state index contributed by atoms with van der Waals surface area (Å²) in [6.45, 7) is 6.49. The number of hydrogen-bond acceptors (Lipinski definition) is 12. The highest BCUT2D eigenvalue weighted by Crippen LogP contribution is 2.20. The van der Waals surface area contributed by atoms with Crippen LogP contribution < -0.4 is 71.2 Å². The highest BCUT2D eigenvalue weighted by Gasteiger charge is 2.36. The Kier molecular flexibility index (Phi) is 23.6. The van der Waals surface area contributed by atoms with Crippen molar-refractivity contribution in [3.05, 3.63) is 83.2 Å². The number of nitrogens with one attached hydrogen (secondary N) is 9. The van der Waals surface area contributed by atoms with E-state index in [1.165, 1.54) is 13.8 Å². The van der Waals surface area contributed by atoms with Gasteiger partial charge in [-0.1, -0.05) is 48.5 Å². The monoisotopic (exact) mass is 1060 g/mol. The third kappa shape index (κ3) is 20.1. The van der Waals surface area contributed by atoms with Crippen LogP contribution in [0.1, 0.15) is 76.3 Å². The van der Waals surface area contributed by atoms with Gasteiger partial charge in [0.1, 0.15) is 36.3 Å². The molecule has 0 saturated carbocycles. The molecule has 408 valence electrons.